The Morgan fingerprint density at radius 1 is 1.00 bits per heavy atom. The van der Waals surface area contributed by atoms with Crippen LogP contribution >= 0.6 is 23.4 Å². The number of benzene rings is 1. The van der Waals surface area contributed by atoms with Crippen molar-refractivity contribution < 1.29 is 8.83 Å². The van der Waals surface area contributed by atoms with Crippen LogP contribution in [0, 0.1) is 6.92 Å². The van der Waals surface area contributed by atoms with E-state index in [1.165, 1.54) is 11.8 Å². The van der Waals surface area contributed by atoms with Crippen LogP contribution in [0.25, 0.3) is 28.7 Å². The standard InChI is InChI=1S/C21H15ClN6O2S/c1-13-15(22)4-2-5-16(13)28-19(14-7-9-23-10-8-14)25-27-21(28)31-12-18-24-26-20(30-18)17-6-3-11-29-17/h2-11H,12H2,1H3. The summed E-state index contributed by atoms with van der Waals surface area (Å²) in [5.74, 6) is 2.44. The first-order chi connectivity index (χ1) is 15.2. The molecule has 5 aromatic rings. The van der Waals surface area contributed by atoms with Crippen molar-refractivity contribution in [2.75, 3.05) is 0 Å². The second-order valence-corrected chi connectivity index (χ2v) is 7.88. The Labute approximate surface area is 186 Å². The molecule has 0 saturated carbocycles. The van der Waals surface area contributed by atoms with Gasteiger partial charge in [-0.25, -0.2) is 0 Å². The van der Waals surface area contributed by atoms with Crippen molar-refractivity contribution in [1.82, 2.24) is 29.9 Å². The van der Waals surface area contributed by atoms with Gasteiger partial charge in [0.15, 0.2) is 16.7 Å². The molecule has 8 nitrogen and oxygen atoms in total. The summed E-state index contributed by atoms with van der Waals surface area (Å²) in [7, 11) is 0. The third-order valence-electron chi connectivity index (χ3n) is 4.58. The van der Waals surface area contributed by atoms with Crippen LogP contribution in [0.2, 0.25) is 5.02 Å². The first-order valence-electron chi connectivity index (χ1n) is 9.31. The first kappa shape index (κ1) is 19.5. The Morgan fingerprint density at radius 2 is 1.87 bits per heavy atom. The molecular weight excluding hydrogens is 436 g/mol. The number of rotatable bonds is 6. The van der Waals surface area contributed by atoms with Gasteiger partial charge in [0, 0.05) is 23.0 Å². The second-order valence-electron chi connectivity index (χ2n) is 6.53. The van der Waals surface area contributed by atoms with Gasteiger partial charge in [0.05, 0.1) is 17.7 Å². The van der Waals surface area contributed by atoms with Gasteiger partial charge in [-0.3, -0.25) is 9.55 Å². The predicted molar refractivity (Wildman–Crippen MR) is 116 cm³/mol. The van der Waals surface area contributed by atoms with Gasteiger partial charge in [-0.2, -0.15) is 0 Å². The summed E-state index contributed by atoms with van der Waals surface area (Å²) < 4.78 is 13.0. The molecule has 31 heavy (non-hydrogen) atoms. The highest BCUT2D eigenvalue weighted by Crippen LogP contribution is 2.32. The molecule has 4 aromatic heterocycles. The summed E-state index contributed by atoms with van der Waals surface area (Å²) in [5.41, 5.74) is 2.72. The summed E-state index contributed by atoms with van der Waals surface area (Å²) in [6.45, 7) is 1.97. The van der Waals surface area contributed by atoms with Crippen LogP contribution in [0.15, 0.2) is 75.1 Å². The van der Waals surface area contributed by atoms with Gasteiger partial charge in [-0.15, -0.1) is 20.4 Å². The molecule has 5 rings (SSSR count). The van der Waals surface area contributed by atoms with Crippen LogP contribution in [-0.4, -0.2) is 29.9 Å². The van der Waals surface area contributed by atoms with Gasteiger partial charge in [0.25, 0.3) is 5.89 Å². The molecule has 0 aliphatic heterocycles. The topological polar surface area (TPSA) is 95.7 Å². The Kier molecular flexibility index (Phi) is 5.27. The van der Waals surface area contributed by atoms with Crippen molar-refractivity contribution in [2.45, 2.75) is 17.8 Å². The third kappa shape index (κ3) is 3.85. The molecule has 0 amide bonds. The van der Waals surface area contributed by atoms with Crippen LogP contribution in [0.4, 0.5) is 0 Å². The van der Waals surface area contributed by atoms with Crippen LogP contribution in [0.1, 0.15) is 11.5 Å². The minimum Gasteiger partial charge on any atom is -0.459 e. The highest BCUT2D eigenvalue weighted by Gasteiger charge is 2.20. The number of thioether (sulfide) groups is 1. The van der Waals surface area contributed by atoms with E-state index < -0.39 is 0 Å². The SMILES string of the molecule is Cc1c(Cl)cccc1-n1c(SCc2nnc(-c3ccco3)o2)nnc1-c1ccncc1. The summed E-state index contributed by atoms with van der Waals surface area (Å²) in [6.07, 6.45) is 5.01. The minimum atomic E-state index is 0.338. The van der Waals surface area contributed by atoms with Gasteiger partial charge in [0.1, 0.15) is 0 Å². The Bertz CT molecular complexity index is 1320. The van der Waals surface area contributed by atoms with Gasteiger partial charge < -0.3 is 8.83 Å². The highest BCUT2D eigenvalue weighted by atomic mass is 35.5. The zero-order valence-electron chi connectivity index (χ0n) is 16.3. The molecular formula is C21H15ClN6O2S. The van der Waals surface area contributed by atoms with E-state index in [4.69, 9.17) is 20.4 Å². The summed E-state index contributed by atoms with van der Waals surface area (Å²) in [6, 6.07) is 13.1. The van der Waals surface area contributed by atoms with Crippen molar-refractivity contribution >= 4 is 23.4 Å². The van der Waals surface area contributed by atoms with Crippen LogP contribution in [0.3, 0.4) is 0 Å². The number of furan rings is 1. The zero-order chi connectivity index (χ0) is 21.2. The summed E-state index contributed by atoms with van der Waals surface area (Å²) in [5, 5.41) is 18.3. The average Bonchev–Trinajstić information content (AvgIpc) is 3.55. The number of aromatic nitrogens is 6. The quantitative estimate of drug-likeness (QED) is 0.324. The van der Waals surface area contributed by atoms with Gasteiger partial charge in [-0.05, 0) is 48.9 Å². The van der Waals surface area contributed by atoms with Crippen molar-refractivity contribution in [3.05, 3.63) is 77.6 Å². The maximum Gasteiger partial charge on any atom is 0.283 e. The van der Waals surface area contributed by atoms with Crippen molar-refractivity contribution in [3.8, 4) is 28.7 Å². The van der Waals surface area contributed by atoms with Crippen LogP contribution in [0.5, 0.6) is 0 Å². The smallest absolute Gasteiger partial charge is 0.283 e. The predicted octanol–water partition coefficient (Wildman–Crippen LogP) is 5.23. The zero-order valence-corrected chi connectivity index (χ0v) is 17.8. The van der Waals surface area contributed by atoms with E-state index in [0.29, 0.717) is 39.3 Å². The van der Waals surface area contributed by atoms with Crippen molar-refractivity contribution in [2.24, 2.45) is 0 Å². The number of pyridine rings is 1. The molecule has 1 aromatic carbocycles. The molecule has 0 radical (unpaired) electrons. The molecule has 10 heteroatoms. The monoisotopic (exact) mass is 450 g/mol. The highest BCUT2D eigenvalue weighted by molar-refractivity contribution is 7.98. The van der Waals surface area contributed by atoms with Gasteiger partial charge in [-0.1, -0.05) is 29.4 Å². The van der Waals surface area contributed by atoms with E-state index in [2.05, 4.69) is 25.4 Å². The molecule has 0 saturated heterocycles. The molecule has 0 bridgehead atoms. The van der Waals surface area contributed by atoms with E-state index in [0.717, 1.165) is 16.8 Å². The number of halogens is 1. The molecule has 0 fully saturated rings. The fourth-order valence-corrected chi connectivity index (χ4v) is 4.00. The Balaban J connectivity index is 1.50. The summed E-state index contributed by atoms with van der Waals surface area (Å²) >= 11 is 7.83. The Morgan fingerprint density at radius 3 is 2.68 bits per heavy atom. The molecule has 0 unspecified atom stereocenters. The fourth-order valence-electron chi connectivity index (χ4n) is 3.04. The Hall–Kier alpha value is -3.43. The lowest BCUT2D eigenvalue weighted by molar-refractivity contribution is 0.494. The minimum absolute atomic E-state index is 0.338. The van der Waals surface area contributed by atoms with Crippen molar-refractivity contribution in [3.63, 3.8) is 0 Å². The van der Waals surface area contributed by atoms with E-state index in [1.54, 1.807) is 30.8 Å². The molecule has 0 aliphatic rings. The second kappa shape index (κ2) is 8.37. The lowest BCUT2D eigenvalue weighted by Gasteiger charge is -2.13. The maximum atomic E-state index is 6.39. The molecule has 0 aliphatic carbocycles. The molecule has 154 valence electrons. The van der Waals surface area contributed by atoms with E-state index >= 15 is 0 Å². The van der Waals surface area contributed by atoms with Gasteiger partial charge >= 0.3 is 0 Å². The summed E-state index contributed by atoms with van der Waals surface area (Å²) in [4.78, 5) is 4.09. The fraction of sp³-hybridized carbons (Fsp3) is 0.0952. The average molecular weight is 451 g/mol. The lowest BCUT2D eigenvalue weighted by atomic mass is 10.2. The number of nitrogens with zero attached hydrogens (tertiary/aromatic N) is 6. The third-order valence-corrected chi connectivity index (χ3v) is 5.90. The van der Waals surface area contributed by atoms with Gasteiger partial charge in [0.2, 0.25) is 5.89 Å². The molecule has 0 atom stereocenters. The number of hydrogen-bond donors (Lipinski definition) is 0. The van der Waals surface area contributed by atoms with Crippen molar-refractivity contribution in [1.29, 1.82) is 0 Å². The van der Waals surface area contributed by atoms with E-state index in [1.807, 2.05) is 41.8 Å². The van der Waals surface area contributed by atoms with E-state index in [9.17, 15) is 0 Å². The van der Waals surface area contributed by atoms with Crippen LogP contribution < -0.4 is 0 Å². The number of hydrogen-bond acceptors (Lipinski definition) is 8. The largest absolute Gasteiger partial charge is 0.459 e. The molecule has 0 N–H and O–H groups in total. The normalized spacial score (nSPS) is 11.2. The molecule has 4 heterocycles. The maximum absolute atomic E-state index is 6.39. The first-order valence-corrected chi connectivity index (χ1v) is 10.7. The van der Waals surface area contributed by atoms with E-state index in [-0.39, 0.29) is 0 Å². The molecule has 0 spiro atoms. The van der Waals surface area contributed by atoms with Crippen LogP contribution in [-0.2, 0) is 5.75 Å². The lowest BCUT2D eigenvalue weighted by Crippen LogP contribution is -2.02.